The molecule has 2 unspecified atom stereocenters. The topological polar surface area (TPSA) is 12.0 Å². The zero-order valence-electron chi connectivity index (χ0n) is 10.1. The van der Waals surface area contributed by atoms with Crippen molar-refractivity contribution >= 4 is 23.2 Å². The van der Waals surface area contributed by atoms with Crippen molar-refractivity contribution in [1.82, 2.24) is 5.32 Å². The Balaban J connectivity index is 3.05. The van der Waals surface area contributed by atoms with Crippen LogP contribution >= 0.6 is 23.2 Å². The van der Waals surface area contributed by atoms with Crippen molar-refractivity contribution in [2.24, 2.45) is 5.92 Å². The normalized spacial score (nSPS) is 14.8. The average Bonchev–Trinajstić information content (AvgIpc) is 2.29. The molecule has 2 atom stereocenters. The summed E-state index contributed by atoms with van der Waals surface area (Å²) in [6.07, 6.45) is 1.11. The number of rotatable bonds is 5. The van der Waals surface area contributed by atoms with Gasteiger partial charge in [-0.3, -0.25) is 0 Å². The molecule has 0 radical (unpaired) electrons. The van der Waals surface area contributed by atoms with Gasteiger partial charge < -0.3 is 5.32 Å². The summed E-state index contributed by atoms with van der Waals surface area (Å²) in [5, 5.41) is 4.78. The molecule has 0 saturated carbocycles. The number of hydrogen-bond donors (Lipinski definition) is 1. The molecular weight excluding hydrogens is 241 g/mol. The van der Waals surface area contributed by atoms with E-state index in [1.165, 1.54) is 0 Å². The first-order chi connectivity index (χ1) is 7.61. The molecular formula is C13H19Cl2N. The molecule has 3 heteroatoms. The zero-order valence-corrected chi connectivity index (χ0v) is 11.6. The van der Waals surface area contributed by atoms with Crippen LogP contribution in [0.3, 0.4) is 0 Å². The van der Waals surface area contributed by atoms with Gasteiger partial charge in [0.25, 0.3) is 0 Å². The van der Waals surface area contributed by atoms with Gasteiger partial charge in [-0.05, 0) is 24.1 Å². The summed E-state index contributed by atoms with van der Waals surface area (Å²) in [7, 11) is 0. The second kappa shape index (κ2) is 6.48. The predicted molar refractivity (Wildman–Crippen MR) is 72.3 cm³/mol. The molecule has 0 saturated heterocycles. The molecule has 0 spiro atoms. The van der Waals surface area contributed by atoms with Gasteiger partial charge in [0, 0.05) is 6.04 Å². The SMILES string of the molecule is CCNC(c1cccc(Cl)c1Cl)C(C)CC. The van der Waals surface area contributed by atoms with Gasteiger partial charge in [-0.15, -0.1) is 0 Å². The van der Waals surface area contributed by atoms with E-state index in [0.29, 0.717) is 16.0 Å². The van der Waals surface area contributed by atoms with Crippen LogP contribution in [-0.4, -0.2) is 6.54 Å². The van der Waals surface area contributed by atoms with Crippen LogP contribution in [0.5, 0.6) is 0 Å². The van der Waals surface area contributed by atoms with Crippen molar-refractivity contribution < 1.29 is 0 Å². The highest BCUT2D eigenvalue weighted by Gasteiger charge is 2.20. The first-order valence-corrected chi connectivity index (χ1v) is 6.54. The molecule has 1 N–H and O–H groups in total. The van der Waals surface area contributed by atoms with E-state index in [9.17, 15) is 0 Å². The summed E-state index contributed by atoms with van der Waals surface area (Å²) >= 11 is 12.3. The second-order valence-corrected chi connectivity index (χ2v) is 4.85. The van der Waals surface area contributed by atoms with Gasteiger partial charge in [-0.1, -0.05) is 62.5 Å². The summed E-state index contributed by atoms with van der Waals surface area (Å²) in [6.45, 7) is 7.45. The first-order valence-electron chi connectivity index (χ1n) is 5.79. The van der Waals surface area contributed by atoms with Crippen molar-refractivity contribution in [2.75, 3.05) is 6.54 Å². The van der Waals surface area contributed by atoms with E-state index in [1.54, 1.807) is 0 Å². The van der Waals surface area contributed by atoms with E-state index in [0.717, 1.165) is 18.5 Å². The number of hydrogen-bond acceptors (Lipinski definition) is 1. The van der Waals surface area contributed by atoms with Gasteiger partial charge in [0.05, 0.1) is 10.0 Å². The van der Waals surface area contributed by atoms with E-state index in [2.05, 4.69) is 26.1 Å². The summed E-state index contributed by atoms with van der Waals surface area (Å²) < 4.78 is 0. The van der Waals surface area contributed by atoms with E-state index in [1.807, 2.05) is 18.2 Å². The van der Waals surface area contributed by atoms with Crippen molar-refractivity contribution in [3.63, 3.8) is 0 Å². The Kier molecular flexibility index (Phi) is 5.60. The Hall–Kier alpha value is -0.240. The molecule has 0 aliphatic carbocycles. The predicted octanol–water partition coefficient (Wildman–Crippen LogP) is 4.69. The maximum Gasteiger partial charge on any atom is 0.0640 e. The molecule has 16 heavy (non-hydrogen) atoms. The Bertz CT molecular complexity index is 339. The fourth-order valence-corrected chi connectivity index (χ4v) is 2.26. The molecule has 0 amide bonds. The Morgan fingerprint density at radius 3 is 2.50 bits per heavy atom. The fourth-order valence-electron chi connectivity index (χ4n) is 1.83. The lowest BCUT2D eigenvalue weighted by molar-refractivity contribution is 0.384. The Morgan fingerprint density at radius 2 is 1.94 bits per heavy atom. The largest absolute Gasteiger partial charge is 0.310 e. The van der Waals surface area contributed by atoms with Crippen LogP contribution in [0.4, 0.5) is 0 Å². The molecule has 90 valence electrons. The maximum absolute atomic E-state index is 6.25. The third-order valence-corrected chi connectivity index (χ3v) is 3.79. The molecule has 1 nitrogen and oxygen atoms in total. The number of benzene rings is 1. The van der Waals surface area contributed by atoms with Crippen LogP contribution < -0.4 is 5.32 Å². The third kappa shape index (κ3) is 3.13. The average molecular weight is 260 g/mol. The van der Waals surface area contributed by atoms with Crippen LogP contribution in [0.15, 0.2) is 18.2 Å². The molecule has 0 bridgehead atoms. The van der Waals surface area contributed by atoms with Gasteiger partial charge in [0.2, 0.25) is 0 Å². The maximum atomic E-state index is 6.25. The Labute approximate surface area is 108 Å². The monoisotopic (exact) mass is 259 g/mol. The van der Waals surface area contributed by atoms with Gasteiger partial charge >= 0.3 is 0 Å². The third-order valence-electron chi connectivity index (χ3n) is 2.95. The summed E-state index contributed by atoms with van der Waals surface area (Å²) in [5.74, 6) is 0.538. The second-order valence-electron chi connectivity index (χ2n) is 4.06. The van der Waals surface area contributed by atoms with Crippen molar-refractivity contribution in [3.05, 3.63) is 33.8 Å². The molecule has 0 aliphatic rings. The Morgan fingerprint density at radius 1 is 1.25 bits per heavy atom. The minimum Gasteiger partial charge on any atom is -0.310 e. The molecule has 1 rings (SSSR count). The summed E-state index contributed by atoms with van der Waals surface area (Å²) in [5.41, 5.74) is 1.10. The molecule has 0 fully saturated rings. The van der Waals surface area contributed by atoms with Crippen molar-refractivity contribution in [2.45, 2.75) is 33.2 Å². The highest BCUT2D eigenvalue weighted by molar-refractivity contribution is 6.42. The van der Waals surface area contributed by atoms with Gasteiger partial charge in [0.15, 0.2) is 0 Å². The molecule has 0 aromatic heterocycles. The van der Waals surface area contributed by atoms with Gasteiger partial charge in [0.1, 0.15) is 0 Å². The van der Waals surface area contributed by atoms with Crippen LogP contribution in [0.2, 0.25) is 10.0 Å². The lowest BCUT2D eigenvalue weighted by atomic mass is 9.92. The van der Waals surface area contributed by atoms with Crippen LogP contribution in [0, 0.1) is 5.92 Å². The van der Waals surface area contributed by atoms with E-state index in [-0.39, 0.29) is 6.04 Å². The van der Waals surface area contributed by atoms with Crippen molar-refractivity contribution in [1.29, 1.82) is 0 Å². The number of halogens is 2. The smallest absolute Gasteiger partial charge is 0.0640 e. The molecule has 0 heterocycles. The van der Waals surface area contributed by atoms with Gasteiger partial charge in [-0.25, -0.2) is 0 Å². The van der Waals surface area contributed by atoms with Crippen LogP contribution in [-0.2, 0) is 0 Å². The highest BCUT2D eigenvalue weighted by Crippen LogP contribution is 2.34. The molecule has 0 aliphatic heterocycles. The van der Waals surface area contributed by atoms with E-state index < -0.39 is 0 Å². The standard InChI is InChI=1S/C13H19Cl2N/c1-4-9(3)13(16-5-2)10-7-6-8-11(14)12(10)15/h6-9,13,16H,4-5H2,1-3H3. The number of nitrogens with one attached hydrogen (secondary N) is 1. The van der Waals surface area contributed by atoms with Crippen LogP contribution in [0.25, 0.3) is 0 Å². The molecule has 1 aromatic rings. The molecule has 1 aromatic carbocycles. The fraction of sp³-hybridized carbons (Fsp3) is 0.538. The lowest BCUT2D eigenvalue weighted by Crippen LogP contribution is -2.26. The first kappa shape index (κ1) is 13.8. The minimum absolute atomic E-state index is 0.279. The van der Waals surface area contributed by atoms with E-state index >= 15 is 0 Å². The minimum atomic E-state index is 0.279. The van der Waals surface area contributed by atoms with Crippen LogP contribution in [0.1, 0.15) is 38.8 Å². The lowest BCUT2D eigenvalue weighted by Gasteiger charge is -2.25. The quantitative estimate of drug-likeness (QED) is 0.809. The van der Waals surface area contributed by atoms with E-state index in [4.69, 9.17) is 23.2 Å². The summed E-state index contributed by atoms with van der Waals surface area (Å²) in [6, 6.07) is 6.11. The van der Waals surface area contributed by atoms with Crippen molar-refractivity contribution in [3.8, 4) is 0 Å². The summed E-state index contributed by atoms with van der Waals surface area (Å²) in [4.78, 5) is 0. The van der Waals surface area contributed by atoms with Gasteiger partial charge in [-0.2, -0.15) is 0 Å². The highest BCUT2D eigenvalue weighted by atomic mass is 35.5. The zero-order chi connectivity index (χ0) is 12.1.